The number of aromatic nitrogens is 3. The molecule has 0 amide bonds. The van der Waals surface area contributed by atoms with Crippen LogP contribution in [0.2, 0.25) is 5.02 Å². The first-order chi connectivity index (χ1) is 11.7. The van der Waals surface area contributed by atoms with Crippen molar-refractivity contribution in [3.8, 4) is 5.88 Å². The number of piperidine rings is 1. The Balaban J connectivity index is 1.48. The van der Waals surface area contributed by atoms with Crippen LogP contribution in [0.15, 0.2) is 30.5 Å². The Hall–Kier alpha value is -1.92. The van der Waals surface area contributed by atoms with Crippen molar-refractivity contribution >= 4 is 39.1 Å². The zero-order valence-electron chi connectivity index (χ0n) is 13.3. The van der Waals surface area contributed by atoms with E-state index in [4.69, 9.17) is 21.3 Å². The average molecular weight is 361 g/mol. The van der Waals surface area contributed by atoms with Crippen molar-refractivity contribution in [3.63, 3.8) is 0 Å². The maximum Gasteiger partial charge on any atom is 0.228 e. The van der Waals surface area contributed by atoms with Crippen LogP contribution in [0.5, 0.6) is 5.88 Å². The van der Waals surface area contributed by atoms with E-state index < -0.39 is 0 Å². The van der Waals surface area contributed by atoms with Gasteiger partial charge in [-0.25, -0.2) is 9.97 Å². The van der Waals surface area contributed by atoms with Gasteiger partial charge >= 0.3 is 0 Å². The lowest BCUT2D eigenvalue weighted by Gasteiger charge is -2.31. The Morgan fingerprint density at radius 2 is 2.04 bits per heavy atom. The normalized spacial score (nSPS) is 15.8. The zero-order chi connectivity index (χ0) is 16.5. The van der Waals surface area contributed by atoms with E-state index in [1.165, 1.54) is 9.71 Å². The molecule has 1 aliphatic heterocycles. The van der Waals surface area contributed by atoms with Gasteiger partial charge < -0.3 is 9.64 Å². The Morgan fingerprint density at radius 1 is 1.21 bits per heavy atom. The van der Waals surface area contributed by atoms with E-state index in [1.54, 1.807) is 30.7 Å². The van der Waals surface area contributed by atoms with E-state index in [-0.39, 0.29) is 0 Å². The molecule has 0 radical (unpaired) electrons. The molecule has 1 aliphatic rings. The minimum Gasteiger partial charge on any atom is -0.481 e. The minimum atomic E-state index is 0.489. The van der Waals surface area contributed by atoms with Crippen LogP contribution in [0.4, 0.5) is 5.95 Å². The van der Waals surface area contributed by atoms with Crippen LogP contribution < -0.4 is 9.64 Å². The quantitative estimate of drug-likeness (QED) is 0.702. The molecule has 0 unspecified atom stereocenters. The second kappa shape index (κ2) is 6.53. The largest absolute Gasteiger partial charge is 0.481 e. The third-order valence-electron chi connectivity index (χ3n) is 4.32. The molecule has 1 saturated heterocycles. The molecular formula is C17H17ClN4OS. The molecule has 0 atom stereocenters. The Bertz CT molecular complexity index is 861. The molecule has 1 aromatic carbocycles. The third-order valence-corrected chi connectivity index (χ3v) is 5.75. The highest BCUT2D eigenvalue weighted by Gasteiger charge is 2.24. The molecule has 0 saturated carbocycles. The fraction of sp³-hybridized carbons (Fsp3) is 0.353. The highest BCUT2D eigenvalue weighted by atomic mass is 35.5. The fourth-order valence-electron chi connectivity index (χ4n) is 3.02. The van der Waals surface area contributed by atoms with Crippen molar-refractivity contribution in [2.24, 2.45) is 0 Å². The van der Waals surface area contributed by atoms with Crippen LogP contribution >= 0.6 is 22.9 Å². The SMILES string of the molecule is COc1ccnc(N2CCC(c3nc4cc(Cl)ccc4s3)CC2)n1. The number of anilines is 1. The number of ether oxygens (including phenoxy) is 1. The van der Waals surface area contributed by atoms with Gasteiger partial charge in [-0.15, -0.1) is 11.3 Å². The van der Waals surface area contributed by atoms with Gasteiger partial charge in [-0.05, 0) is 31.0 Å². The van der Waals surface area contributed by atoms with Gasteiger partial charge in [-0.1, -0.05) is 11.6 Å². The summed E-state index contributed by atoms with van der Waals surface area (Å²) in [6, 6.07) is 7.69. The van der Waals surface area contributed by atoms with Gasteiger partial charge in [0.05, 0.1) is 22.3 Å². The number of hydrogen-bond acceptors (Lipinski definition) is 6. The van der Waals surface area contributed by atoms with Gasteiger partial charge in [0.2, 0.25) is 11.8 Å². The number of thiazole rings is 1. The second-order valence-corrected chi connectivity index (χ2v) is 7.32. The molecule has 2 aromatic heterocycles. The summed E-state index contributed by atoms with van der Waals surface area (Å²) in [5.41, 5.74) is 1.00. The van der Waals surface area contributed by atoms with Gasteiger partial charge in [0.1, 0.15) is 0 Å². The van der Waals surface area contributed by atoms with Crippen LogP contribution in [0.1, 0.15) is 23.8 Å². The summed E-state index contributed by atoms with van der Waals surface area (Å²) in [7, 11) is 1.62. The van der Waals surface area contributed by atoms with Crippen molar-refractivity contribution in [1.82, 2.24) is 15.0 Å². The van der Waals surface area contributed by atoms with Crippen molar-refractivity contribution in [1.29, 1.82) is 0 Å². The molecule has 7 heteroatoms. The molecule has 24 heavy (non-hydrogen) atoms. The lowest BCUT2D eigenvalue weighted by Crippen LogP contribution is -2.34. The minimum absolute atomic E-state index is 0.489. The lowest BCUT2D eigenvalue weighted by molar-refractivity contribution is 0.395. The van der Waals surface area contributed by atoms with Gasteiger partial charge in [0.25, 0.3) is 0 Å². The number of halogens is 1. The number of fused-ring (bicyclic) bond motifs is 1. The Kier molecular flexibility index (Phi) is 4.24. The van der Waals surface area contributed by atoms with E-state index in [2.05, 4.69) is 20.9 Å². The summed E-state index contributed by atoms with van der Waals surface area (Å²) < 4.78 is 6.38. The summed E-state index contributed by atoms with van der Waals surface area (Å²) in [6.07, 6.45) is 3.84. The van der Waals surface area contributed by atoms with Crippen LogP contribution in [0.25, 0.3) is 10.2 Å². The van der Waals surface area contributed by atoms with Crippen LogP contribution in [-0.4, -0.2) is 35.2 Å². The molecule has 3 heterocycles. The molecule has 5 nitrogen and oxygen atoms in total. The second-order valence-electron chi connectivity index (χ2n) is 5.82. The van der Waals surface area contributed by atoms with Gasteiger partial charge in [0, 0.05) is 36.3 Å². The first-order valence-electron chi connectivity index (χ1n) is 7.91. The molecule has 0 aliphatic carbocycles. The molecule has 3 aromatic rings. The highest BCUT2D eigenvalue weighted by Crippen LogP contribution is 2.35. The molecule has 124 valence electrons. The van der Waals surface area contributed by atoms with E-state index in [0.717, 1.165) is 42.4 Å². The van der Waals surface area contributed by atoms with Crippen LogP contribution in [0.3, 0.4) is 0 Å². The first kappa shape index (κ1) is 15.6. The van der Waals surface area contributed by atoms with E-state index in [9.17, 15) is 0 Å². The maximum absolute atomic E-state index is 6.06. The van der Waals surface area contributed by atoms with Crippen molar-refractivity contribution < 1.29 is 4.74 Å². The first-order valence-corrected chi connectivity index (χ1v) is 9.10. The Labute approximate surface area is 149 Å². The number of hydrogen-bond donors (Lipinski definition) is 0. The van der Waals surface area contributed by atoms with Gasteiger partial charge in [-0.2, -0.15) is 4.98 Å². The monoisotopic (exact) mass is 360 g/mol. The van der Waals surface area contributed by atoms with Crippen molar-refractivity contribution in [3.05, 3.63) is 40.5 Å². The molecular weight excluding hydrogens is 344 g/mol. The molecule has 0 N–H and O–H groups in total. The van der Waals surface area contributed by atoms with Crippen LogP contribution in [0, 0.1) is 0 Å². The maximum atomic E-state index is 6.06. The molecule has 0 spiro atoms. The summed E-state index contributed by atoms with van der Waals surface area (Å²) >= 11 is 7.84. The van der Waals surface area contributed by atoms with E-state index in [0.29, 0.717) is 11.8 Å². The predicted octanol–water partition coefficient (Wildman–Crippen LogP) is 4.13. The fourth-order valence-corrected chi connectivity index (χ4v) is 4.30. The molecule has 1 fully saturated rings. The number of rotatable bonds is 3. The third kappa shape index (κ3) is 3.03. The number of benzene rings is 1. The lowest BCUT2D eigenvalue weighted by atomic mass is 9.98. The summed E-state index contributed by atoms with van der Waals surface area (Å²) in [5.74, 6) is 1.83. The number of methoxy groups -OCH3 is 1. The number of nitrogens with zero attached hydrogens (tertiary/aromatic N) is 4. The van der Waals surface area contributed by atoms with Crippen LogP contribution in [-0.2, 0) is 0 Å². The van der Waals surface area contributed by atoms with E-state index in [1.807, 2.05) is 12.1 Å². The standard InChI is InChI=1S/C17H17ClN4OS/c1-23-15-4-7-19-17(21-15)22-8-5-11(6-9-22)16-20-13-10-12(18)2-3-14(13)24-16/h2-4,7,10-11H,5-6,8-9H2,1H3. The van der Waals surface area contributed by atoms with Crippen molar-refractivity contribution in [2.45, 2.75) is 18.8 Å². The summed E-state index contributed by atoms with van der Waals surface area (Å²) in [4.78, 5) is 15.8. The molecule has 0 bridgehead atoms. The van der Waals surface area contributed by atoms with Gasteiger partial charge in [0.15, 0.2) is 0 Å². The highest BCUT2D eigenvalue weighted by molar-refractivity contribution is 7.18. The summed E-state index contributed by atoms with van der Waals surface area (Å²) in [5, 5.41) is 1.95. The zero-order valence-corrected chi connectivity index (χ0v) is 14.8. The van der Waals surface area contributed by atoms with Crippen molar-refractivity contribution in [2.75, 3.05) is 25.1 Å². The smallest absolute Gasteiger partial charge is 0.228 e. The topological polar surface area (TPSA) is 51.1 Å². The Morgan fingerprint density at radius 3 is 2.83 bits per heavy atom. The predicted molar refractivity (Wildman–Crippen MR) is 97.4 cm³/mol. The van der Waals surface area contributed by atoms with E-state index >= 15 is 0 Å². The molecule has 4 rings (SSSR count). The van der Waals surface area contributed by atoms with Gasteiger partial charge in [-0.3, -0.25) is 0 Å². The average Bonchev–Trinajstić information content (AvgIpc) is 3.05. The summed E-state index contributed by atoms with van der Waals surface area (Å²) in [6.45, 7) is 1.85.